The summed E-state index contributed by atoms with van der Waals surface area (Å²) in [6, 6.07) is 7.43. The molecule has 2 aromatic rings. The number of aromatic nitrogens is 1. The summed E-state index contributed by atoms with van der Waals surface area (Å²) >= 11 is 13.6. The van der Waals surface area contributed by atoms with Gasteiger partial charge in [0.15, 0.2) is 5.17 Å². The summed E-state index contributed by atoms with van der Waals surface area (Å²) in [5.74, 6) is -0.693. The van der Waals surface area contributed by atoms with E-state index in [2.05, 4.69) is 36.0 Å². The summed E-state index contributed by atoms with van der Waals surface area (Å²) in [5.41, 5.74) is 1.48. The molecule has 5 atom stereocenters. The molecule has 1 spiro atoms. The number of amidine groups is 1. The first-order valence-electron chi connectivity index (χ1n) is 16.1. The molecule has 12 heteroatoms. The third kappa shape index (κ3) is 5.15. The van der Waals surface area contributed by atoms with Crippen molar-refractivity contribution in [1.29, 1.82) is 0 Å². The Morgan fingerprint density at radius 2 is 1.87 bits per heavy atom. The van der Waals surface area contributed by atoms with Gasteiger partial charge in [-0.1, -0.05) is 49.2 Å². The SMILES string of the molecule is CC(C)C1=C(C(=O)N2[C@H](C)CC[C@@H]2C(=O)N2CC3(CC3)NC[C@@H]2C)SC2=N[C@@](C)(c3ccc(Cl)nc3)[C@@H](c3ccc(Cl)c(F)c3)N21. The van der Waals surface area contributed by atoms with E-state index in [0.717, 1.165) is 37.1 Å². The van der Waals surface area contributed by atoms with Gasteiger partial charge >= 0.3 is 0 Å². The fourth-order valence-electron chi connectivity index (χ4n) is 7.66. The summed E-state index contributed by atoms with van der Waals surface area (Å²) in [6.07, 6.45) is 5.27. The molecule has 5 aliphatic rings. The Hall–Kier alpha value is -2.66. The van der Waals surface area contributed by atoms with Crippen LogP contribution in [0.15, 0.2) is 52.1 Å². The van der Waals surface area contributed by atoms with Crippen molar-refractivity contribution in [1.82, 2.24) is 25.0 Å². The largest absolute Gasteiger partial charge is 0.335 e. The molecule has 2 saturated heterocycles. The van der Waals surface area contributed by atoms with Crippen LogP contribution in [0.3, 0.4) is 0 Å². The van der Waals surface area contributed by atoms with Crippen LogP contribution in [0.4, 0.5) is 4.39 Å². The summed E-state index contributed by atoms with van der Waals surface area (Å²) in [6.45, 7) is 11.7. The number of piperazine rings is 1. The molecule has 244 valence electrons. The number of nitrogens with one attached hydrogen (secondary N) is 1. The topological polar surface area (TPSA) is 81.1 Å². The van der Waals surface area contributed by atoms with Gasteiger partial charge in [0.05, 0.1) is 11.1 Å². The lowest BCUT2D eigenvalue weighted by molar-refractivity contribution is -0.145. The van der Waals surface area contributed by atoms with Crippen molar-refractivity contribution >= 4 is 51.9 Å². The Morgan fingerprint density at radius 3 is 2.52 bits per heavy atom. The zero-order chi connectivity index (χ0) is 32.7. The molecule has 0 radical (unpaired) electrons. The van der Waals surface area contributed by atoms with Crippen LogP contribution in [-0.2, 0) is 15.1 Å². The third-order valence-electron chi connectivity index (χ3n) is 10.4. The first-order chi connectivity index (χ1) is 21.8. The maximum absolute atomic E-state index is 15.0. The van der Waals surface area contributed by atoms with Crippen LogP contribution >= 0.6 is 35.0 Å². The first-order valence-corrected chi connectivity index (χ1v) is 17.7. The van der Waals surface area contributed by atoms with Gasteiger partial charge in [0.1, 0.15) is 27.5 Å². The number of likely N-dealkylation sites (tertiary alicyclic amines) is 1. The molecule has 1 saturated carbocycles. The van der Waals surface area contributed by atoms with E-state index in [4.69, 9.17) is 28.2 Å². The summed E-state index contributed by atoms with van der Waals surface area (Å²) in [7, 11) is 0. The molecule has 1 aromatic heterocycles. The van der Waals surface area contributed by atoms with E-state index < -0.39 is 23.4 Å². The molecule has 1 N–H and O–H groups in total. The molecule has 7 rings (SSSR count). The normalized spacial score (nSPS) is 30.0. The third-order valence-corrected chi connectivity index (χ3v) is 12.0. The molecular formula is C34H39Cl2FN6O2S. The van der Waals surface area contributed by atoms with Gasteiger partial charge < -0.3 is 20.0 Å². The highest BCUT2D eigenvalue weighted by Gasteiger charge is 2.55. The van der Waals surface area contributed by atoms with Crippen LogP contribution in [0.5, 0.6) is 0 Å². The number of amides is 2. The number of benzene rings is 1. The number of pyridine rings is 1. The number of aliphatic imine (C=N–C) groups is 1. The van der Waals surface area contributed by atoms with Gasteiger partial charge in [0.25, 0.3) is 5.91 Å². The van der Waals surface area contributed by atoms with E-state index in [0.29, 0.717) is 33.8 Å². The Labute approximate surface area is 283 Å². The first kappa shape index (κ1) is 31.9. The Morgan fingerprint density at radius 1 is 1.11 bits per heavy atom. The zero-order valence-electron chi connectivity index (χ0n) is 26.7. The molecular weight excluding hydrogens is 646 g/mol. The number of thioether (sulfide) groups is 1. The Balaban J connectivity index is 1.27. The number of hydrogen-bond acceptors (Lipinski definition) is 7. The quantitative estimate of drug-likeness (QED) is 0.362. The smallest absolute Gasteiger partial charge is 0.263 e. The van der Waals surface area contributed by atoms with Crippen molar-refractivity contribution in [3.05, 3.63) is 74.3 Å². The average Bonchev–Trinajstić information content (AvgIpc) is 3.34. The van der Waals surface area contributed by atoms with Gasteiger partial charge in [-0.05, 0) is 87.9 Å². The second-order valence-electron chi connectivity index (χ2n) is 14.0. The van der Waals surface area contributed by atoms with Crippen LogP contribution in [0, 0.1) is 11.7 Å². The highest BCUT2D eigenvalue weighted by molar-refractivity contribution is 8.18. The van der Waals surface area contributed by atoms with Crippen LogP contribution in [-0.4, -0.2) is 73.4 Å². The number of rotatable bonds is 5. The predicted octanol–water partition coefficient (Wildman–Crippen LogP) is 6.50. The highest BCUT2D eigenvalue weighted by atomic mass is 35.5. The zero-order valence-corrected chi connectivity index (χ0v) is 29.0. The molecule has 8 nitrogen and oxygen atoms in total. The molecule has 0 bridgehead atoms. The molecule has 0 unspecified atom stereocenters. The second kappa shape index (κ2) is 11.5. The van der Waals surface area contributed by atoms with Crippen LogP contribution in [0.25, 0.3) is 0 Å². The van der Waals surface area contributed by atoms with Crippen LogP contribution < -0.4 is 5.32 Å². The van der Waals surface area contributed by atoms with E-state index in [1.807, 2.05) is 35.8 Å². The van der Waals surface area contributed by atoms with E-state index in [9.17, 15) is 9.59 Å². The summed E-state index contributed by atoms with van der Waals surface area (Å²) in [5, 5.41) is 4.68. The fraction of sp³-hybridized carbons (Fsp3) is 0.529. The Bertz CT molecular complexity index is 1660. The van der Waals surface area contributed by atoms with Crippen LogP contribution in [0.1, 0.15) is 77.5 Å². The van der Waals surface area contributed by atoms with Crippen molar-refractivity contribution in [3.8, 4) is 0 Å². The summed E-state index contributed by atoms with van der Waals surface area (Å²) < 4.78 is 15.0. The number of hydrogen-bond donors (Lipinski definition) is 1. The van der Waals surface area contributed by atoms with E-state index in [-0.39, 0.29) is 40.4 Å². The Kier molecular flexibility index (Phi) is 7.98. The lowest BCUT2D eigenvalue weighted by Crippen LogP contribution is -2.62. The van der Waals surface area contributed by atoms with Crippen molar-refractivity contribution in [2.24, 2.45) is 10.9 Å². The van der Waals surface area contributed by atoms with Gasteiger partial charge in [0, 0.05) is 48.2 Å². The standard InChI is InChI=1S/C34H39Cl2FN6O2S/c1-18(2)27-28(31(45)42-19(3)6-10-25(42)30(44)41-17-34(12-13-34)39-15-20(41)4)46-32-40-33(5,22-8-11-26(36)38-16-22)29(43(27)32)21-7-9-23(35)24(37)14-21/h7-9,11,14,16,18-20,25,29,39H,6,10,12-13,15,17H2,1-5H3/t19-,20+,25-,29-,33+/m1/s1. The number of allylic oxidation sites excluding steroid dienone is 1. The maximum atomic E-state index is 15.0. The van der Waals surface area contributed by atoms with Gasteiger partial charge in [-0.15, -0.1) is 0 Å². The number of carbonyl (C=O) groups excluding carboxylic acids is 2. The van der Waals surface area contributed by atoms with Crippen LogP contribution in [0.2, 0.25) is 10.2 Å². The number of nitrogens with zero attached hydrogens (tertiary/aromatic N) is 5. The average molecular weight is 686 g/mol. The second-order valence-corrected chi connectivity index (χ2v) is 15.7. The van der Waals surface area contributed by atoms with E-state index >= 15 is 4.39 Å². The van der Waals surface area contributed by atoms with Crippen molar-refractivity contribution in [2.45, 2.75) is 95.5 Å². The number of fused-ring (bicyclic) bond motifs is 1. The predicted molar refractivity (Wildman–Crippen MR) is 180 cm³/mol. The minimum absolute atomic E-state index is 0.0363. The van der Waals surface area contributed by atoms with E-state index in [1.165, 1.54) is 17.8 Å². The molecule has 3 fully saturated rings. The van der Waals surface area contributed by atoms with Gasteiger partial charge in [0.2, 0.25) is 5.91 Å². The van der Waals surface area contributed by atoms with Crippen molar-refractivity contribution in [2.75, 3.05) is 13.1 Å². The fourth-order valence-corrected chi connectivity index (χ4v) is 9.24. The lowest BCUT2D eigenvalue weighted by atomic mass is 9.81. The van der Waals surface area contributed by atoms with Gasteiger partial charge in [-0.2, -0.15) is 0 Å². The monoisotopic (exact) mass is 684 g/mol. The minimum Gasteiger partial charge on any atom is -0.335 e. The van der Waals surface area contributed by atoms with Crippen molar-refractivity contribution < 1.29 is 14.0 Å². The number of carbonyl (C=O) groups is 2. The molecule has 5 heterocycles. The molecule has 2 amide bonds. The maximum Gasteiger partial charge on any atom is 0.263 e. The highest BCUT2D eigenvalue weighted by Crippen LogP contribution is 2.56. The lowest BCUT2D eigenvalue weighted by Gasteiger charge is -2.42. The van der Waals surface area contributed by atoms with Crippen molar-refractivity contribution in [3.63, 3.8) is 0 Å². The number of halogens is 3. The van der Waals surface area contributed by atoms with Gasteiger partial charge in [-0.3, -0.25) is 9.59 Å². The minimum atomic E-state index is -0.869. The van der Waals surface area contributed by atoms with Gasteiger partial charge in [-0.25, -0.2) is 14.4 Å². The molecule has 1 aromatic carbocycles. The van der Waals surface area contributed by atoms with E-state index in [1.54, 1.807) is 18.3 Å². The summed E-state index contributed by atoms with van der Waals surface area (Å²) in [4.78, 5) is 44.9. The molecule has 4 aliphatic heterocycles. The molecule has 46 heavy (non-hydrogen) atoms. The molecule has 1 aliphatic carbocycles.